The van der Waals surface area contributed by atoms with E-state index in [2.05, 4.69) is 17.6 Å². The maximum Gasteiger partial charge on any atom is 0.412 e. The Hall–Kier alpha value is -3.75. The molecule has 0 bridgehead atoms. The number of ether oxygens (including phenoxy) is 4. The second-order valence-corrected chi connectivity index (χ2v) is 11.3. The van der Waals surface area contributed by atoms with Gasteiger partial charge in [-0.05, 0) is 115 Å². The lowest BCUT2D eigenvalue weighted by Gasteiger charge is -2.24. The molecule has 0 radical (unpaired) electrons. The van der Waals surface area contributed by atoms with Crippen LogP contribution in [0.3, 0.4) is 0 Å². The van der Waals surface area contributed by atoms with E-state index in [1.54, 1.807) is 39.0 Å². The Labute approximate surface area is 224 Å². The SMILES string of the molecule is CC(C)(C)OC(=O)Nc1ccc2c(c1)CCC(=O)O2.CC1CCc2cc(NC(=O)OC(C)(C)C)ccc2O1. The molecule has 2 aliphatic rings. The number of benzene rings is 2. The molecule has 9 heteroatoms. The van der Waals surface area contributed by atoms with Crippen molar-refractivity contribution in [2.45, 2.75) is 91.5 Å². The van der Waals surface area contributed by atoms with Gasteiger partial charge in [-0.3, -0.25) is 15.4 Å². The first-order chi connectivity index (χ1) is 17.7. The van der Waals surface area contributed by atoms with Gasteiger partial charge in [-0.1, -0.05) is 0 Å². The van der Waals surface area contributed by atoms with Gasteiger partial charge in [0.05, 0.1) is 12.5 Å². The van der Waals surface area contributed by atoms with Crippen LogP contribution in [0.5, 0.6) is 11.5 Å². The summed E-state index contributed by atoms with van der Waals surface area (Å²) in [4.78, 5) is 34.4. The number of hydrogen-bond donors (Lipinski definition) is 2. The topological polar surface area (TPSA) is 112 Å². The molecule has 2 aromatic rings. The molecule has 206 valence electrons. The standard InChI is InChI=1S/C15H21NO3.C14H17NO4/c1-10-5-6-11-9-12(7-8-13(11)18-10)16-14(17)19-15(2,3)4;1-14(2,3)19-13(17)15-10-5-6-11-9(8-10)4-7-12(16)18-11/h7-10H,5-6H2,1-4H3,(H,16,17);5-6,8H,4,7H2,1-3H3,(H,15,17). The van der Waals surface area contributed by atoms with Crippen LogP contribution in [0.25, 0.3) is 0 Å². The minimum absolute atomic E-state index is 0.222. The van der Waals surface area contributed by atoms with Crippen molar-refractivity contribution in [1.82, 2.24) is 0 Å². The van der Waals surface area contributed by atoms with Crippen LogP contribution in [-0.4, -0.2) is 35.5 Å². The van der Waals surface area contributed by atoms with Gasteiger partial charge in [-0.25, -0.2) is 9.59 Å². The fourth-order valence-corrected chi connectivity index (χ4v) is 3.81. The van der Waals surface area contributed by atoms with E-state index < -0.39 is 23.4 Å². The third-order valence-corrected chi connectivity index (χ3v) is 5.38. The van der Waals surface area contributed by atoms with Crippen LogP contribution in [0.15, 0.2) is 36.4 Å². The van der Waals surface area contributed by atoms with E-state index in [1.807, 2.05) is 39.0 Å². The molecule has 1 atom stereocenters. The molecule has 2 aromatic carbocycles. The lowest BCUT2D eigenvalue weighted by molar-refractivity contribution is -0.135. The van der Waals surface area contributed by atoms with Crippen molar-refractivity contribution in [2.24, 2.45) is 0 Å². The van der Waals surface area contributed by atoms with Crippen LogP contribution in [0, 0.1) is 0 Å². The van der Waals surface area contributed by atoms with E-state index in [1.165, 1.54) is 0 Å². The number of rotatable bonds is 2. The predicted molar refractivity (Wildman–Crippen MR) is 145 cm³/mol. The summed E-state index contributed by atoms with van der Waals surface area (Å²) in [6, 6.07) is 10.8. The molecule has 2 heterocycles. The zero-order valence-electron chi connectivity index (χ0n) is 23.2. The minimum atomic E-state index is -0.534. The highest BCUT2D eigenvalue weighted by Gasteiger charge is 2.21. The molecule has 0 spiro atoms. The van der Waals surface area contributed by atoms with Gasteiger partial charge in [0.1, 0.15) is 22.7 Å². The highest BCUT2D eigenvalue weighted by Crippen LogP contribution is 2.30. The number of esters is 1. The molecule has 0 aliphatic carbocycles. The summed E-state index contributed by atoms with van der Waals surface area (Å²) in [6.45, 7) is 13.0. The van der Waals surface area contributed by atoms with Gasteiger partial charge >= 0.3 is 18.2 Å². The number of amides is 2. The summed E-state index contributed by atoms with van der Waals surface area (Å²) in [6.07, 6.45) is 2.29. The smallest absolute Gasteiger partial charge is 0.412 e. The minimum Gasteiger partial charge on any atom is -0.490 e. The summed E-state index contributed by atoms with van der Waals surface area (Å²) >= 11 is 0. The average Bonchev–Trinajstić information content (AvgIpc) is 2.77. The lowest BCUT2D eigenvalue weighted by Crippen LogP contribution is -2.27. The van der Waals surface area contributed by atoms with E-state index >= 15 is 0 Å². The van der Waals surface area contributed by atoms with Crippen LogP contribution >= 0.6 is 0 Å². The third-order valence-electron chi connectivity index (χ3n) is 5.38. The number of carbonyl (C=O) groups excluding carboxylic acids is 3. The first-order valence-corrected chi connectivity index (χ1v) is 12.8. The first-order valence-electron chi connectivity index (χ1n) is 12.8. The third kappa shape index (κ3) is 9.28. The van der Waals surface area contributed by atoms with Crippen LogP contribution in [0.2, 0.25) is 0 Å². The van der Waals surface area contributed by atoms with Crippen LogP contribution < -0.4 is 20.1 Å². The molecule has 4 rings (SSSR count). The van der Waals surface area contributed by atoms with Gasteiger partial charge < -0.3 is 18.9 Å². The Morgan fingerprint density at radius 3 is 1.82 bits per heavy atom. The van der Waals surface area contributed by atoms with Crippen molar-refractivity contribution in [2.75, 3.05) is 10.6 Å². The molecule has 2 aliphatic heterocycles. The first kappa shape index (κ1) is 28.8. The van der Waals surface area contributed by atoms with E-state index in [4.69, 9.17) is 18.9 Å². The van der Waals surface area contributed by atoms with E-state index in [9.17, 15) is 14.4 Å². The monoisotopic (exact) mass is 526 g/mol. The van der Waals surface area contributed by atoms with Gasteiger partial charge in [0.2, 0.25) is 0 Å². The zero-order chi connectivity index (χ0) is 28.1. The van der Waals surface area contributed by atoms with E-state index in [-0.39, 0.29) is 12.1 Å². The fraction of sp³-hybridized carbons (Fsp3) is 0.483. The molecule has 0 saturated heterocycles. The van der Waals surface area contributed by atoms with Crippen LogP contribution in [-0.2, 0) is 27.1 Å². The molecular weight excluding hydrogens is 488 g/mol. The number of nitrogens with one attached hydrogen (secondary N) is 2. The van der Waals surface area contributed by atoms with Crippen molar-refractivity contribution < 1.29 is 33.3 Å². The number of fused-ring (bicyclic) bond motifs is 2. The maximum atomic E-state index is 11.7. The van der Waals surface area contributed by atoms with E-state index in [0.717, 1.165) is 35.4 Å². The second kappa shape index (κ2) is 11.8. The number of hydrogen-bond acceptors (Lipinski definition) is 7. The van der Waals surface area contributed by atoms with Gasteiger partial charge in [-0.15, -0.1) is 0 Å². The summed E-state index contributed by atoms with van der Waals surface area (Å²) in [7, 11) is 0. The second-order valence-electron chi connectivity index (χ2n) is 11.3. The Morgan fingerprint density at radius 1 is 0.789 bits per heavy atom. The molecular formula is C29H38N2O7. The quantitative estimate of drug-likeness (QED) is 0.333. The van der Waals surface area contributed by atoms with Crippen LogP contribution in [0.4, 0.5) is 21.0 Å². The number of anilines is 2. The molecule has 2 amide bonds. The molecule has 2 N–H and O–H groups in total. The number of aryl methyl sites for hydroxylation is 2. The zero-order valence-corrected chi connectivity index (χ0v) is 23.2. The van der Waals surface area contributed by atoms with Crippen molar-refractivity contribution in [3.05, 3.63) is 47.5 Å². The number of carbonyl (C=O) groups is 3. The molecule has 38 heavy (non-hydrogen) atoms. The predicted octanol–water partition coefficient (Wildman–Crippen LogP) is 6.63. The van der Waals surface area contributed by atoms with Gasteiger partial charge in [0.25, 0.3) is 0 Å². The molecule has 0 saturated carbocycles. The summed E-state index contributed by atoms with van der Waals surface area (Å²) < 4.78 is 21.2. The summed E-state index contributed by atoms with van der Waals surface area (Å²) in [5, 5.41) is 5.40. The Morgan fingerprint density at radius 2 is 1.29 bits per heavy atom. The van der Waals surface area contributed by atoms with Crippen LogP contribution in [0.1, 0.15) is 72.4 Å². The Bertz CT molecular complexity index is 1180. The normalized spacial score (nSPS) is 16.3. The Kier molecular flexibility index (Phi) is 8.91. The summed E-state index contributed by atoms with van der Waals surface area (Å²) in [5.41, 5.74) is 2.39. The van der Waals surface area contributed by atoms with Gasteiger partial charge in [0, 0.05) is 11.4 Å². The van der Waals surface area contributed by atoms with Crippen molar-refractivity contribution >= 4 is 29.5 Å². The fourth-order valence-electron chi connectivity index (χ4n) is 3.81. The highest BCUT2D eigenvalue weighted by atomic mass is 16.6. The maximum absolute atomic E-state index is 11.7. The van der Waals surface area contributed by atoms with Gasteiger partial charge in [0.15, 0.2) is 0 Å². The molecule has 9 nitrogen and oxygen atoms in total. The highest BCUT2D eigenvalue weighted by molar-refractivity contribution is 5.86. The van der Waals surface area contributed by atoms with Gasteiger partial charge in [-0.2, -0.15) is 0 Å². The molecule has 0 fully saturated rings. The van der Waals surface area contributed by atoms with Crippen molar-refractivity contribution in [3.8, 4) is 11.5 Å². The summed E-state index contributed by atoms with van der Waals surface area (Å²) in [5.74, 6) is 1.25. The average molecular weight is 527 g/mol. The lowest BCUT2D eigenvalue weighted by atomic mass is 10.0. The molecule has 1 unspecified atom stereocenters. The Balaban J connectivity index is 0.000000211. The largest absolute Gasteiger partial charge is 0.490 e. The molecule has 0 aromatic heterocycles. The van der Waals surface area contributed by atoms with Crippen molar-refractivity contribution in [1.29, 1.82) is 0 Å². The van der Waals surface area contributed by atoms with Crippen molar-refractivity contribution in [3.63, 3.8) is 0 Å². The van der Waals surface area contributed by atoms with E-state index in [0.29, 0.717) is 24.3 Å².